The zero-order chi connectivity index (χ0) is 21.0. The molecule has 1 amide bonds. The number of thioether (sulfide) groups is 1. The third kappa shape index (κ3) is 5.23. The summed E-state index contributed by atoms with van der Waals surface area (Å²) in [6.07, 6.45) is 4.36. The average molecular weight is 418 g/mol. The molecule has 158 valence electrons. The zero-order valence-corrected chi connectivity index (χ0v) is 18.5. The van der Waals surface area contributed by atoms with Crippen LogP contribution in [0.25, 0.3) is 0 Å². The molecule has 2 heterocycles. The summed E-state index contributed by atoms with van der Waals surface area (Å²) in [6.45, 7) is 9.18. The lowest BCUT2D eigenvalue weighted by Gasteiger charge is -2.36. The van der Waals surface area contributed by atoms with Crippen LogP contribution in [0.2, 0.25) is 0 Å². The number of nitrogen functional groups attached to an aromatic ring is 1. The summed E-state index contributed by atoms with van der Waals surface area (Å²) >= 11 is 1.35. The molecular formula is C21H31N5O2S. The predicted octanol–water partition coefficient (Wildman–Crippen LogP) is 3.46. The van der Waals surface area contributed by atoms with Gasteiger partial charge in [-0.2, -0.15) is 0 Å². The van der Waals surface area contributed by atoms with Crippen molar-refractivity contribution in [3.63, 3.8) is 0 Å². The number of nitrogens with zero attached hydrogens (tertiary/aromatic N) is 4. The number of nitrogens with two attached hydrogens (primary N) is 1. The van der Waals surface area contributed by atoms with Crippen molar-refractivity contribution in [3.8, 4) is 5.75 Å². The molecule has 0 bridgehead atoms. The van der Waals surface area contributed by atoms with Crippen molar-refractivity contribution in [2.75, 3.05) is 12.4 Å². The summed E-state index contributed by atoms with van der Waals surface area (Å²) in [5.41, 5.74) is 2.28. The third-order valence-corrected chi connectivity index (χ3v) is 6.35. The van der Waals surface area contributed by atoms with Crippen LogP contribution in [0.5, 0.6) is 5.75 Å². The van der Waals surface area contributed by atoms with Gasteiger partial charge in [0.05, 0.1) is 5.25 Å². The second kappa shape index (κ2) is 9.52. The van der Waals surface area contributed by atoms with Crippen LogP contribution >= 0.6 is 11.8 Å². The highest BCUT2D eigenvalue weighted by Gasteiger charge is 2.30. The maximum absolute atomic E-state index is 12.9. The molecule has 7 nitrogen and oxygen atoms in total. The van der Waals surface area contributed by atoms with E-state index < -0.39 is 0 Å². The maximum Gasteiger partial charge on any atom is 0.236 e. The number of piperidine rings is 1. The fourth-order valence-electron chi connectivity index (χ4n) is 3.81. The number of hydrogen-bond donors (Lipinski definition) is 1. The molecule has 1 saturated heterocycles. The number of ether oxygens (including phenoxy) is 1. The molecule has 8 heteroatoms. The first-order chi connectivity index (χ1) is 13.9. The van der Waals surface area contributed by atoms with Crippen molar-refractivity contribution >= 4 is 17.7 Å². The molecule has 1 fully saturated rings. The smallest absolute Gasteiger partial charge is 0.236 e. The van der Waals surface area contributed by atoms with Gasteiger partial charge in [-0.15, -0.1) is 10.2 Å². The van der Waals surface area contributed by atoms with Crippen LogP contribution < -0.4 is 10.6 Å². The fourth-order valence-corrected chi connectivity index (χ4v) is 4.67. The molecule has 0 spiro atoms. The lowest BCUT2D eigenvalue weighted by atomic mass is 10.00. The summed E-state index contributed by atoms with van der Waals surface area (Å²) < 4.78 is 7.26. The van der Waals surface area contributed by atoms with Gasteiger partial charge < -0.3 is 15.5 Å². The van der Waals surface area contributed by atoms with E-state index in [4.69, 9.17) is 10.6 Å². The standard InChI is InChI=1S/C21H31N5O2S/c1-5-17-8-6-7-9-25(17)20(27)16(4)29-21-24-23-19(26(21)22)13-28-18-11-14(2)10-15(3)12-18/h10-12,16-17H,5-9,13,22H2,1-4H3. The summed E-state index contributed by atoms with van der Waals surface area (Å²) in [4.78, 5) is 15.0. The number of benzene rings is 1. The fraction of sp³-hybridized carbons (Fsp3) is 0.571. The van der Waals surface area contributed by atoms with Crippen LogP contribution in [0.1, 0.15) is 56.5 Å². The molecule has 2 atom stereocenters. The predicted molar refractivity (Wildman–Crippen MR) is 115 cm³/mol. The molecule has 29 heavy (non-hydrogen) atoms. The second-order valence-corrected chi connectivity index (χ2v) is 9.04. The Hall–Kier alpha value is -2.22. The van der Waals surface area contributed by atoms with E-state index in [-0.39, 0.29) is 17.8 Å². The molecule has 0 aliphatic carbocycles. The van der Waals surface area contributed by atoms with E-state index in [2.05, 4.69) is 23.2 Å². The molecule has 1 aromatic heterocycles. The van der Waals surface area contributed by atoms with E-state index in [1.165, 1.54) is 22.9 Å². The lowest BCUT2D eigenvalue weighted by Crippen LogP contribution is -2.46. The molecule has 2 N–H and O–H groups in total. The Morgan fingerprint density at radius 3 is 2.69 bits per heavy atom. The van der Waals surface area contributed by atoms with E-state index in [1.54, 1.807) is 0 Å². The van der Waals surface area contributed by atoms with E-state index in [0.29, 0.717) is 17.0 Å². The normalized spacial score (nSPS) is 17.9. The maximum atomic E-state index is 12.9. The first-order valence-corrected chi connectivity index (χ1v) is 11.1. The molecule has 0 radical (unpaired) electrons. The Balaban J connectivity index is 1.62. The largest absolute Gasteiger partial charge is 0.486 e. The Labute approximate surface area is 177 Å². The number of rotatable bonds is 7. The quantitative estimate of drug-likeness (QED) is 0.548. The number of aryl methyl sites for hydroxylation is 2. The summed E-state index contributed by atoms with van der Waals surface area (Å²) in [5, 5.41) is 8.58. The Kier molecular flexibility index (Phi) is 7.05. The van der Waals surface area contributed by atoms with Crippen LogP contribution in [-0.4, -0.2) is 43.5 Å². The SMILES string of the molecule is CCC1CCCCN1C(=O)C(C)Sc1nnc(COc2cc(C)cc(C)c2)n1N. The van der Waals surface area contributed by atoms with Crippen molar-refractivity contribution < 1.29 is 9.53 Å². The van der Waals surface area contributed by atoms with Crippen LogP contribution in [0.15, 0.2) is 23.4 Å². The highest BCUT2D eigenvalue weighted by atomic mass is 32.2. The topological polar surface area (TPSA) is 86.3 Å². The number of carbonyl (C=O) groups is 1. The van der Waals surface area contributed by atoms with Crippen LogP contribution in [0, 0.1) is 13.8 Å². The van der Waals surface area contributed by atoms with Gasteiger partial charge in [-0.05, 0) is 69.7 Å². The van der Waals surface area contributed by atoms with Crippen LogP contribution in [0.4, 0.5) is 0 Å². The molecule has 1 aliphatic rings. The molecule has 3 rings (SSSR count). The van der Waals surface area contributed by atoms with Crippen LogP contribution in [-0.2, 0) is 11.4 Å². The van der Waals surface area contributed by atoms with Gasteiger partial charge in [0.25, 0.3) is 0 Å². The van der Waals surface area contributed by atoms with Gasteiger partial charge in [-0.25, -0.2) is 4.68 Å². The molecule has 2 unspecified atom stereocenters. The first-order valence-electron chi connectivity index (χ1n) is 10.3. The van der Waals surface area contributed by atoms with Crippen molar-refractivity contribution in [3.05, 3.63) is 35.2 Å². The third-order valence-electron chi connectivity index (χ3n) is 5.31. The molecular weight excluding hydrogens is 386 g/mol. The number of amides is 1. The summed E-state index contributed by atoms with van der Waals surface area (Å²) in [7, 11) is 0. The zero-order valence-electron chi connectivity index (χ0n) is 17.7. The summed E-state index contributed by atoms with van der Waals surface area (Å²) in [6, 6.07) is 6.39. The Bertz CT molecular complexity index is 833. The number of hydrogen-bond acceptors (Lipinski definition) is 6. The van der Waals surface area contributed by atoms with E-state index in [0.717, 1.165) is 42.7 Å². The van der Waals surface area contributed by atoms with E-state index in [9.17, 15) is 4.79 Å². The van der Waals surface area contributed by atoms with Crippen molar-refractivity contribution in [1.29, 1.82) is 0 Å². The van der Waals surface area contributed by atoms with Gasteiger partial charge in [0, 0.05) is 12.6 Å². The van der Waals surface area contributed by atoms with Gasteiger partial charge in [0.15, 0.2) is 5.82 Å². The van der Waals surface area contributed by atoms with Gasteiger partial charge in [-0.1, -0.05) is 24.8 Å². The average Bonchev–Trinajstić information content (AvgIpc) is 3.04. The van der Waals surface area contributed by atoms with E-state index >= 15 is 0 Å². The minimum absolute atomic E-state index is 0.151. The molecule has 1 aliphatic heterocycles. The number of aromatic nitrogens is 3. The van der Waals surface area contributed by atoms with E-state index in [1.807, 2.05) is 37.8 Å². The summed E-state index contributed by atoms with van der Waals surface area (Å²) in [5.74, 6) is 7.62. The van der Waals surface area contributed by atoms with Gasteiger partial charge >= 0.3 is 0 Å². The minimum atomic E-state index is -0.262. The number of likely N-dealkylation sites (tertiary alicyclic amines) is 1. The minimum Gasteiger partial charge on any atom is -0.486 e. The highest BCUT2D eigenvalue weighted by Crippen LogP contribution is 2.27. The number of carbonyl (C=O) groups excluding carboxylic acids is 1. The van der Waals surface area contributed by atoms with Crippen molar-refractivity contribution in [2.45, 2.75) is 76.4 Å². The molecule has 1 aromatic carbocycles. The van der Waals surface area contributed by atoms with Crippen LogP contribution in [0.3, 0.4) is 0 Å². The highest BCUT2D eigenvalue weighted by molar-refractivity contribution is 8.00. The monoisotopic (exact) mass is 417 g/mol. The lowest BCUT2D eigenvalue weighted by molar-refractivity contribution is -0.134. The van der Waals surface area contributed by atoms with Crippen molar-refractivity contribution in [1.82, 2.24) is 19.8 Å². The van der Waals surface area contributed by atoms with Crippen molar-refractivity contribution in [2.24, 2.45) is 0 Å². The first kappa shape index (κ1) is 21.5. The van der Waals surface area contributed by atoms with Gasteiger partial charge in [0.2, 0.25) is 11.1 Å². The molecule has 2 aromatic rings. The Morgan fingerprint density at radius 1 is 1.28 bits per heavy atom. The second-order valence-electron chi connectivity index (χ2n) is 7.73. The van der Waals surface area contributed by atoms with Gasteiger partial charge in [-0.3, -0.25) is 4.79 Å². The Morgan fingerprint density at radius 2 is 2.00 bits per heavy atom. The van der Waals surface area contributed by atoms with Gasteiger partial charge in [0.1, 0.15) is 12.4 Å². The molecule has 0 saturated carbocycles.